The number of hydrogen-bond acceptors (Lipinski definition) is 8. The van der Waals surface area contributed by atoms with E-state index in [0.29, 0.717) is 37.7 Å². The second-order valence-corrected chi connectivity index (χ2v) is 7.85. The van der Waals surface area contributed by atoms with Gasteiger partial charge in [-0.25, -0.2) is 4.98 Å². The first-order chi connectivity index (χ1) is 16.9. The van der Waals surface area contributed by atoms with Crippen LogP contribution in [0.1, 0.15) is 5.56 Å². The van der Waals surface area contributed by atoms with Crippen LogP contribution in [0.4, 0.5) is 17.2 Å². The van der Waals surface area contributed by atoms with E-state index in [9.17, 15) is 9.59 Å². The smallest absolute Gasteiger partial charge is 0.315 e. The summed E-state index contributed by atoms with van der Waals surface area (Å²) in [5.41, 5.74) is 15.5. The van der Waals surface area contributed by atoms with Crippen molar-refractivity contribution in [2.75, 3.05) is 36.1 Å². The summed E-state index contributed by atoms with van der Waals surface area (Å²) in [6.07, 6.45) is 8.13. The van der Waals surface area contributed by atoms with Crippen LogP contribution in [0.5, 0.6) is 0 Å². The first kappa shape index (κ1) is 23.8. The molecule has 11 heteroatoms. The lowest BCUT2D eigenvalue weighted by Crippen LogP contribution is -2.29. The molecular formula is C24H26N8O3. The first-order valence-corrected chi connectivity index (χ1v) is 11.0. The zero-order chi connectivity index (χ0) is 24.8. The molecule has 0 saturated heterocycles. The van der Waals surface area contributed by atoms with Gasteiger partial charge in [-0.3, -0.25) is 19.3 Å². The van der Waals surface area contributed by atoms with E-state index in [2.05, 4.69) is 25.7 Å². The summed E-state index contributed by atoms with van der Waals surface area (Å²) in [5, 5.41) is 10.7. The molecule has 1 aromatic carbocycles. The molecule has 0 atom stereocenters. The van der Waals surface area contributed by atoms with Crippen molar-refractivity contribution in [3.63, 3.8) is 0 Å². The Bertz CT molecular complexity index is 1370. The van der Waals surface area contributed by atoms with E-state index in [0.717, 1.165) is 27.5 Å². The van der Waals surface area contributed by atoms with Crippen LogP contribution < -0.4 is 22.1 Å². The number of nitrogen functional groups attached to an aromatic ring is 1. The molecule has 0 fully saturated rings. The number of carbonyl (C=O) groups excluding carboxylic acids is 2. The van der Waals surface area contributed by atoms with Crippen molar-refractivity contribution >= 4 is 39.8 Å². The van der Waals surface area contributed by atoms with Gasteiger partial charge in [0.05, 0.1) is 31.6 Å². The average Bonchev–Trinajstić information content (AvgIpc) is 3.29. The highest BCUT2D eigenvalue weighted by Crippen LogP contribution is 2.31. The lowest BCUT2D eigenvalue weighted by Gasteiger charge is -2.11. The summed E-state index contributed by atoms with van der Waals surface area (Å²) in [6.45, 7) is 3.83. The van der Waals surface area contributed by atoms with Gasteiger partial charge in [0.2, 0.25) is 0 Å². The monoisotopic (exact) mass is 474 g/mol. The number of rotatable bonds is 8. The predicted octanol–water partition coefficient (Wildman–Crippen LogP) is 1.94. The SMILES string of the molecule is Cc1ccncc1-c1cc(N)c2cnc(NC(=O)C(=O)Nc3cnn(CCOCCN)c3)cc2c1. The molecular weight excluding hydrogens is 448 g/mol. The molecule has 0 bridgehead atoms. The number of anilines is 3. The summed E-state index contributed by atoms with van der Waals surface area (Å²) in [4.78, 5) is 33.2. The van der Waals surface area contributed by atoms with Gasteiger partial charge in [-0.15, -0.1) is 0 Å². The van der Waals surface area contributed by atoms with Crippen molar-refractivity contribution in [3.8, 4) is 11.1 Å². The standard InChI is InChI=1S/C24H26N8O3/c1-15-2-4-27-12-19(15)16-8-17-10-22(28-13-20(17)21(26)9-16)31-24(34)23(33)30-18-11-29-32(14-18)5-7-35-6-3-25/h2,4,8-14H,3,5-7,25-26H2,1H3,(H,30,33)(H,28,31,34). The maximum Gasteiger partial charge on any atom is 0.315 e. The Morgan fingerprint density at radius 2 is 1.91 bits per heavy atom. The Labute approximate surface area is 201 Å². The van der Waals surface area contributed by atoms with Crippen molar-refractivity contribution < 1.29 is 14.3 Å². The molecule has 11 nitrogen and oxygen atoms in total. The number of nitrogens with one attached hydrogen (secondary N) is 2. The van der Waals surface area contributed by atoms with Gasteiger partial charge in [0.15, 0.2) is 0 Å². The minimum atomic E-state index is -0.858. The van der Waals surface area contributed by atoms with Crippen LogP contribution in [0, 0.1) is 6.92 Å². The second kappa shape index (κ2) is 10.7. The molecule has 0 aliphatic carbocycles. The molecule has 0 saturated carbocycles. The summed E-state index contributed by atoms with van der Waals surface area (Å²) >= 11 is 0. The third kappa shape index (κ3) is 5.78. The van der Waals surface area contributed by atoms with Gasteiger partial charge >= 0.3 is 11.8 Å². The van der Waals surface area contributed by atoms with Gasteiger partial charge in [0, 0.05) is 48.0 Å². The van der Waals surface area contributed by atoms with Crippen LogP contribution in [-0.2, 0) is 20.9 Å². The van der Waals surface area contributed by atoms with Gasteiger partial charge in [-0.2, -0.15) is 5.10 Å². The minimum absolute atomic E-state index is 0.227. The van der Waals surface area contributed by atoms with Crippen LogP contribution in [0.3, 0.4) is 0 Å². The highest BCUT2D eigenvalue weighted by Gasteiger charge is 2.16. The average molecular weight is 475 g/mol. The van der Waals surface area contributed by atoms with Crippen molar-refractivity contribution in [1.82, 2.24) is 19.7 Å². The van der Waals surface area contributed by atoms with E-state index in [4.69, 9.17) is 16.2 Å². The number of benzene rings is 1. The molecule has 4 aromatic rings. The fourth-order valence-corrected chi connectivity index (χ4v) is 3.53. The molecule has 0 radical (unpaired) electrons. The van der Waals surface area contributed by atoms with Crippen molar-refractivity contribution in [2.24, 2.45) is 5.73 Å². The highest BCUT2D eigenvalue weighted by molar-refractivity contribution is 6.43. The number of aryl methyl sites for hydroxylation is 1. The molecule has 3 aromatic heterocycles. The Hall–Kier alpha value is -4.35. The van der Waals surface area contributed by atoms with E-state index in [-0.39, 0.29) is 5.82 Å². The highest BCUT2D eigenvalue weighted by atomic mass is 16.5. The zero-order valence-electron chi connectivity index (χ0n) is 19.2. The van der Waals surface area contributed by atoms with Gasteiger partial charge in [0.25, 0.3) is 0 Å². The van der Waals surface area contributed by atoms with Crippen LogP contribution in [0.25, 0.3) is 21.9 Å². The molecule has 0 aliphatic heterocycles. The van der Waals surface area contributed by atoms with Crippen molar-refractivity contribution in [2.45, 2.75) is 13.5 Å². The number of carbonyl (C=O) groups is 2. The first-order valence-electron chi connectivity index (χ1n) is 11.0. The van der Waals surface area contributed by atoms with E-state index >= 15 is 0 Å². The quantitative estimate of drug-likeness (QED) is 0.171. The Kier molecular flexibility index (Phi) is 7.29. The van der Waals surface area contributed by atoms with E-state index < -0.39 is 11.8 Å². The molecule has 3 heterocycles. The Morgan fingerprint density at radius 3 is 2.71 bits per heavy atom. The van der Waals surface area contributed by atoms with Crippen molar-refractivity contribution in [3.05, 3.63) is 60.8 Å². The lowest BCUT2D eigenvalue weighted by molar-refractivity contribution is -0.133. The molecule has 2 amide bonds. The van der Waals surface area contributed by atoms with E-state index in [1.165, 1.54) is 6.20 Å². The molecule has 4 rings (SSSR count). The van der Waals surface area contributed by atoms with Crippen LogP contribution in [0.2, 0.25) is 0 Å². The minimum Gasteiger partial charge on any atom is -0.398 e. The summed E-state index contributed by atoms with van der Waals surface area (Å²) in [7, 11) is 0. The summed E-state index contributed by atoms with van der Waals surface area (Å²) in [6, 6.07) is 7.40. The number of pyridine rings is 2. The number of ether oxygens (including phenoxy) is 1. The number of nitrogens with two attached hydrogens (primary N) is 2. The topological polar surface area (TPSA) is 163 Å². The molecule has 0 spiro atoms. The van der Waals surface area contributed by atoms with Gasteiger partial charge < -0.3 is 26.8 Å². The zero-order valence-corrected chi connectivity index (χ0v) is 19.2. The maximum absolute atomic E-state index is 12.4. The number of hydrogen-bond donors (Lipinski definition) is 4. The molecule has 180 valence electrons. The van der Waals surface area contributed by atoms with Crippen LogP contribution in [-0.4, -0.2) is 51.3 Å². The van der Waals surface area contributed by atoms with Gasteiger partial charge in [-0.1, -0.05) is 0 Å². The fraction of sp³-hybridized carbons (Fsp3) is 0.208. The number of amides is 2. The Balaban J connectivity index is 1.44. The molecule has 35 heavy (non-hydrogen) atoms. The molecule has 6 N–H and O–H groups in total. The number of fused-ring (bicyclic) bond motifs is 1. The molecule has 0 aliphatic rings. The third-order valence-corrected chi connectivity index (χ3v) is 5.28. The van der Waals surface area contributed by atoms with E-state index in [1.807, 2.05) is 25.1 Å². The third-order valence-electron chi connectivity index (χ3n) is 5.28. The van der Waals surface area contributed by atoms with E-state index in [1.54, 1.807) is 35.5 Å². The normalized spacial score (nSPS) is 10.9. The predicted molar refractivity (Wildman–Crippen MR) is 133 cm³/mol. The molecule has 0 unspecified atom stereocenters. The van der Waals surface area contributed by atoms with Crippen molar-refractivity contribution in [1.29, 1.82) is 0 Å². The number of aromatic nitrogens is 4. The summed E-state index contributed by atoms with van der Waals surface area (Å²) < 4.78 is 6.90. The van der Waals surface area contributed by atoms with Crippen LogP contribution in [0.15, 0.2) is 55.2 Å². The second-order valence-electron chi connectivity index (χ2n) is 7.85. The number of nitrogens with zero attached hydrogens (tertiary/aromatic N) is 4. The lowest BCUT2D eigenvalue weighted by atomic mass is 9.99. The summed E-state index contributed by atoms with van der Waals surface area (Å²) in [5.74, 6) is -1.47. The van der Waals surface area contributed by atoms with Gasteiger partial charge in [-0.05, 0) is 47.7 Å². The fourth-order valence-electron chi connectivity index (χ4n) is 3.53. The maximum atomic E-state index is 12.4. The van der Waals surface area contributed by atoms with Crippen LogP contribution >= 0.6 is 0 Å². The Morgan fingerprint density at radius 1 is 1.09 bits per heavy atom. The largest absolute Gasteiger partial charge is 0.398 e. The van der Waals surface area contributed by atoms with Gasteiger partial charge in [0.1, 0.15) is 5.82 Å².